The van der Waals surface area contributed by atoms with Crippen LogP contribution in [0, 0.1) is 0 Å². The molecule has 4 N–H and O–H groups in total. The topological polar surface area (TPSA) is 89.0 Å². The van der Waals surface area contributed by atoms with Gasteiger partial charge in [0.2, 0.25) is 0 Å². The fourth-order valence-electron chi connectivity index (χ4n) is 1.59. The van der Waals surface area contributed by atoms with Gasteiger partial charge in [-0.2, -0.15) is 0 Å². The number of nitrogens with two attached hydrogens (primary N) is 1. The van der Waals surface area contributed by atoms with E-state index in [2.05, 4.69) is 20.7 Å². The van der Waals surface area contributed by atoms with Crippen LogP contribution >= 0.6 is 0 Å². The largest absolute Gasteiger partial charge is 0.469 e. The zero-order chi connectivity index (χ0) is 12.8. The molecule has 6 nitrogen and oxygen atoms in total. The smallest absolute Gasteiger partial charge is 0.145 e. The molecule has 18 heavy (non-hydrogen) atoms. The lowest BCUT2D eigenvalue weighted by molar-refractivity contribution is 0.513. The van der Waals surface area contributed by atoms with Crippen LogP contribution in [0.25, 0.3) is 0 Å². The van der Waals surface area contributed by atoms with Gasteiger partial charge in [-0.05, 0) is 12.1 Å². The van der Waals surface area contributed by atoms with Crippen molar-refractivity contribution in [3.8, 4) is 0 Å². The van der Waals surface area contributed by atoms with Crippen molar-refractivity contribution < 1.29 is 4.42 Å². The maximum atomic E-state index is 5.37. The third kappa shape index (κ3) is 3.21. The van der Waals surface area contributed by atoms with Gasteiger partial charge in [-0.1, -0.05) is 6.92 Å². The van der Waals surface area contributed by atoms with Crippen LogP contribution in [0.3, 0.4) is 0 Å². The molecule has 0 aliphatic heterocycles. The summed E-state index contributed by atoms with van der Waals surface area (Å²) in [6, 6.07) is 5.61. The van der Waals surface area contributed by atoms with Crippen LogP contribution in [-0.4, -0.2) is 16.5 Å². The van der Waals surface area contributed by atoms with Crippen molar-refractivity contribution in [2.24, 2.45) is 5.84 Å². The van der Waals surface area contributed by atoms with E-state index in [0.717, 1.165) is 36.8 Å². The molecule has 0 spiro atoms. The van der Waals surface area contributed by atoms with Gasteiger partial charge in [0.25, 0.3) is 0 Å². The first-order chi connectivity index (χ1) is 8.81. The van der Waals surface area contributed by atoms with Gasteiger partial charge < -0.3 is 15.2 Å². The van der Waals surface area contributed by atoms with Gasteiger partial charge in [-0.25, -0.2) is 15.8 Å². The van der Waals surface area contributed by atoms with Crippen LogP contribution in [0.15, 0.2) is 28.9 Å². The van der Waals surface area contributed by atoms with Gasteiger partial charge in [0.15, 0.2) is 0 Å². The van der Waals surface area contributed by atoms with Crippen LogP contribution < -0.4 is 16.6 Å². The predicted molar refractivity (Wildman–Crippen MR) is 70.1 cm³/mol. The number of furan rings is 1. The second kappa shape index (κ2) is 6.02. The molecule has 96 valence electrons. The van der Waals surface area contributed by atoms with Gasteiger partial charge in [-0.3, -0.25) is 0 Å². The van der Waals surface area contributed by atoms with Crippen molar-refractivity contribution in [1.29, 1.82) is 0 Å². The number of aryl methyl sites for hydroxylation is 1. The van der Waals surface area contributed by atoms with E-state index in [1.165, 1.54) is 0 Å². The SMILES string of the molecule is CCc1nc(NN)cc(NCCc2ccco2)n1. The molecule has 2 aromatic rings. The summed E-state index contributed by atoms with van der Waals surface area (Å²) < 4.78 is 5.26. The van der Waals surface area contributed by atoms with Gasteiger partial charge in [0.1, 0.15) is 23.2 Å². The van der Waals surface area contributed by atoms with Crippen molar-refractivity contribution in [3.63, 3.8) is 0 Å². The summed E-state index contributed by atoms with van der Waals surface area (Å²) in [7, 11) is 0. The van der Waals surface area contributed by atoms with Crippen molar-refractivity contribution >= 4 is 11.6 Å². The highest BCUT2D eigenvalue weighted by molar-refractivity contribution is 5.46. The van der Waals surface area contributed by atoms with E-state index >= 15 is 0 Å². The zero-order valence-electron chi connectivity index (χ0n) is 10.3. The lowest BCUT2D eigenvalue weighted by Gasteiger charge is -2.08. The number of anilines is 2. The molecule has 0 aliphatic carbocycles. The van der Waals surface area contributed by atoms with Gasteiger partial charge >= 0.3 is 0 Å². The molecule has 0 saturated heterocycles. The lowest BCUT2D eigenvalue weighted by Crippen LogP contribution is -2.13. The van der Waals surface area contributed by atoms with Crippen LogP contribution in [0.1, 0.15) is 18.5 Å². The van der Waals surface area contributed by atoms with Crippen LogP contribution in [0.2, 0.25) is 0 Å². The molecule has 2 rings (SSSR count). The number of hydrogen-bond donors (Lipinski definition) is 3. The Bertz CT molecular complexity index is 461. The zero-order valence-corrected chi connectivity index (χ0v) is 10.3. The summed E-state index contributed by atoms with van der Waals surface area (Å²) in [5.74, 6) is 8.45. The molecule has 2 heterocycles. The van der Waals surface area contributed by atoms with E-state index in [1.807, 2.05) is 19.1 Å². The summed E-state index contributed by atoms with van der Waals surface area (Å²) in [5.41, 5.74) is 2.54. The van der Waals surface area contributed by atoms with Gasteiger partial charge in [0.05, 0.1) is 6.26 Å². The molecule has 0 amide bonds. The minimum absolute atomic E-state index is 0.613. The summed E-state index contributed by atoms with van der Waals surface area (Å²) >= 11 is 0. The predicted octanol–water partition coefficient (Wildman–Crippen LogP) is 1.57. The fraction of sp³-hybridized carbons (Fsp3) is 0.333. The Morgan fingerprint density at radius 2 is 2.17 bits per heavy atom. The highest BCUT2D eigenvalue weighted by atomic mass is 16.3. The maximum absolute atomic E-state index is 5.37. The minimum Gasteiger partial charge on any atom is -0.469 e. The number of hydrazine groups is 1. The number of hydrogen-bond acceptors (Lipinski definition) is 6. The minimum atomic E-state index is 0.613. The van der Waals surface area contributed by atoms with Gasteiger partial charge in [-0.15, -0.1) is 0 Å². The number of rotatable bonds is 6. The monoisotopic (exact) mass is 247 g/mol. The molecule has 0 radical (unpaired) electrons. The Balaban J connectivity index is 1.95. The molecular formula is C12H17N5O. The number of nitrogens with one attached hydrogen (secondary N) is 2. The number of aromatic nitrogens is 2. The Kier molecular flexibility index (Phi) is 4.14. The first-order valence-corrected chi connectivity index (χ1v) is 5.92. The first-order valence-electron chi connectivity index (χ1n) is 5.92. The molecule has 0 unspecified atom stereocenters. The first kappa shape index (κ1) is 12.4. The van der Waals surface area contributed by atoms with Crippen molar-refractivity contribution in [3.05, 3.63) is 36.0 Å². The number of nitrogens with zero attached hydrogens (tertiary/aromatic N) is 2. The number of nitrogen functional groups attached to an aromatic ring is 1. The second-order valence-corrected chi connectivity index (χ2v) is 3.81. The molecule has 0 bridgehead atoms. The molecule has 6 heteroatoms. The average molecular weight is 247 g/mol. The quantitative estimate of drug-likeness (QED) is 0.530. The van der Waals surface area contributed by atoms with E-state index in [-0.39, 0.29) is 0 Å². The summed E-state index contributed by atoms with van der Waals surface area (Å²) in [6.45, 7) is 2.75. The van der Waals surface area contributed by atoms with E-state index < -0.39 is 0 Å². The maximum Gasteiger partial charge on any atom is 0.145 e. The Hall–Kier alpha value is -2.08. The van der Waals surface area contributed by atoms with E-state index in [0.29, 0.717) is 5.82 Å². The molecule has 0 fully saturated rings. The van der Waals surface area contributed by atoms with Crippen LogP contribution in [0.4, 0.5) is 11.6 Å². The van der Waals surface area contributed by atoms with Crippen LogP contribution in [0.5, 0.6) is 0 Å². The Morgan fingerprint density at radius 3 is 2.83 bits per heavy atom. The van der Waals surface area contributed by atoms with Crippen LogP contribution in [-0.2, 0) is 12.8 Å². The van der Waals surface area contributed by atoms with Crippen molar-refractivity contribution in [2.75, 3.05) is 17.3 Å². The molecule has 2 aromatic heterocycles. The third-order valence-electron chi connectivity index (χ3n) is 2.49. The third-order valence-corrected chi connectivity index (χ3v) is 2.49. The highest BCUT2D eigenvalue weighted by Crippen LogP contribution is 2.11. The highest BCUT2D eigenvalue weighted by Gasteiger charge is 2.02. The summed E-state index contributed by atoms with van der Waals surface area (Å²) in [5, 5.41) is 3.23. The molecule has 0 aliphatic rings. The van der Waals surface area contributed by atoms with E-state index in [1.54, 1.807) is 12.3 Å². The molecule has 0 atom stereocenters. The Labute approximate surface area is 106 Å². The molecule has 0 saturated carbocycles. The van der Waals surface area contributed by atoms with E-state index in [4.69, 9.17) is 10.3 Å². The van der Waals surface area contributed by atoms with Crippen molar-refractivity contribution in [1.82, 2.24) is 9.97 Å². The fourth-order valence-corrected chi connectivity index (χ4v) is 1.59. The normalized spacial score (nSPS) is 10.3. The van der Waals surface area contributed by atoms with Crippen molar-refractivity contribution in [2.45, 2.75) is 19.8 Å². The standard InChI is InChI=1S/C12H17N5O/c1-2-10-15-11(8-12(16-10)17-13)14-6-5-9-4-3-7-18-9/h3-4,7-8H,2,5-6,13H2,1H3,(H2,14,15,16,17). The second-order valence-electron chi connectivity index (χ2n) is 3.81. The lowest BCUT2D eigenvalue weighted by atomic mass is 10.3. The Morgan fingerprint density at radius 1 is 1.33 bits per heavy atom. The summed E-state index contributed by atoms with van der Waals surface area (Å²) in [6.07, 6.45) is 3.25. The van der Waals surface area contributed by atoms with Gasteiger partial charge in [0, 0.05) is 25.5 Å². The molecule has 0 aromatic carbocycles. The van der Waals surface area contributed by atoms with E-state index in [9.17, 15) is 0 Å². The average Bonchev–Trinajstić information content (AvgIpc) is 2.91. The molecular weight excluding hydrogens is 230 g/mol. The summed E-state index contributed by atoms with van der Waals surface area (Å²) in [4.78, 5) is 8.59.